The monoisotopic (exact) mass is 389 g/mol. The zero-order valence-corrected chi connectivity index (χ0v) is 17.1. The Labute approximate surface area is 165 Å². The van der Waals surface area contributed by atoms with E-state index in [4.69, 9.17) is 9.15 Å². The summed E-state index contributed by atoms with van der Waals surface area (Å²) in [4.78, 5) is 18.9. The fraction of sp³-hybridized carbons (Fsp3) is 0.524. The normalized spacial score (nSPS) is 18.6. The fourth-order valence-corrected chi connectivity index (χ4v) is 4.07. The molecule has 3 rings (SSSR count). The molecule has 0 spiro atoms. The molecule has 1 N–H and O–H groups in total. The molecular formula is C21H28FN3O3. The van der Waals surface area contributed by atoms with Crippen LogP contribution >= 0.6 is 0 Å². The molecule has 2 aromatic rings. The summed E-state index contributed by atoms with van der Waals surface area (Å²) in [6.45, 7) is 8.62. The fourth-order valence-electron chi connectivity index (χ4n) is 4.07. The van der Waals surface area contributed by atoms with Gasteiger partial charge in [-0.3, -0.25) is 4.79 Å². The molecule has 1 fully saturated rings. The Kier molecular flexibility index (Phi) is 5.48. The average Bonchev–Trinajstić information content (AvgIpc) is 3.05. The second-order valence-electron chi connectivity index (χ2n) is 8.74. The van der Waals surface area contributed by atoms with Crippen molar-refractivity contribution < 1.29 is 18.3 Å². The number of hydrogen-bond acceptors (Lipinski definition) is 5. The second kappa shape index (κ2) is 7.54. The topological polar surface area (TPSA) is 67.6 Å². The maximum Gasteiger partial charge on any atom is 0.275 e. The minimum atomic E-state index is -0.379. The lowest BCUT2D eigenvalue weighted by atomic mass is 9.79. The Morgan fingerprint density at radius 3 is 2.64 bits per heavy atom. The van der Waals surface area contributed by atoms with Crippen LogP contribution in [-0.2, 0) is 6.61 Å². The number of nitrogens with one attached hydrogen (secondary N) is 1. The molecule has 28 heavy (non-hydrogen) atoms. The summed E-state index contributed by atoms with van der Waals surface area (Å²) in [5, 5.41) is 3.62. The van der Waals surface area contributed by atoms with Crippen molar-refractivity contribution >= 4 is 5.91 Å². The van der Waals surface area contributed by atoms with Crippen LogP contribution in [0, 0.1) is 5.82 Å². The van der Waals surface area contributed by atoms with E-state index in [0.29, 0.717) is 5.75 Å². The van der Waals surface area contributed by atoms with E-state index in [1.54, 1.807) is 17.0 Å². The Bertz CT molecular complexity index is 831. The number of aromatic nitrogens is 1. The SMILES string of the molecule is CN(C(=O)c1coc(COc2cccc(F)c2)n1)C1CC(C)(C)NC(C)(C)C1. The standard InChI is InChI=1S/C21H28FN3O3/c1-20(2)10-15(11-21(3,4)24-20)25(5)19(26)17-12-28-18(23-17)13-27-16-8-6-7-14(22)9-16/h6-9,12,15,24H,10-11,13H2,1-5H3. The van der Waals surface area contributed by atoms with Gasteiger partial charge in [-0.15, -0.1) is 0 Å². The Morgan fingerprint density at radius 1 is 1.32 bits per heavy atom. The first-order chi connectivity index (χ1) is 13.0. The van der Waals surface area contributed by atoms with Crippen molar-refractivity contribution in [3.63, 3.8) is 0 Å². The number of ether oxygens (including phenoxy) is 1. The number of hydrogen-bond donors (Lipinski definition) is 1. The van der Waals surface area contributed by atoms with Gasteiger partial charge in [0.15, 0.2) is 12.3 Å². The van der Waals surface area contributed by atoms with Crippen molar-refractivity contribution in [1.82, 2.24) is 15.2 Å². The van der Waals surface area contributed by atoms with E-state index >= 15 is 0 Å². The minimum absolute atomic E-state index is 0.0217. The molecule has 6 nitrogen and oxygen atoms in total. The summed E-state index contributed by atoms with van der Waals surface area (Å²) in [5.74, 6) is 0.0869. The van der Waals surface area contributed by atoms with Gasteiger partial charge >= 0.3 is 0 Å². The average molecular weight is 389 g/mol. The van der Waals surface area contributed by atoms with Crippen molar-refractivity contribution in [2.45, 2.75) is 64.3 Å². The summed E-state index contributed by atoms with van der Waals surface area (Å²) in [7, 11) is 1.81. The molecule has 1 amide bonds. The molecule has 1 aromatic carbocycles. The molecule has 1 saturated heterocycles. The first kappa shape index (κ1) is 20.3. The summed E-state index contributed by atoms with van der Waals surface area (Å²) >= 11 is 0. The predicted molar refractivity (Wildman–Crippen MR) is 104 cm³/mol. The van der Waals surface area contributed by atoms with Crippen molar-refractivity contribution in [2.75, 3.05) is 7.05 Å². The zero-order chi connectivity index (χ0) is 20.5. The molecular weight excluding hydrogens is 361 g/mol. The highest BCUT2D eigenvalue weighted by molar-refractivity contribution is 5.92. The molecule has 0 bridgehead atoms. The lowest BCUT2D eigenvalue weighted by Crippen LogP contribution is -2.62. The molecule has 2 heterocycles. The van der Waals surface area contributed by atoms with Crippen LogP contribution in [0.4, 0.5) is 4.39 Å². The maximum atomic E-state index is 13.2. The highest BCUT2D eigenvalue weighted by Crippen LogP contribution is 2.31. The third-order valence-corrected chi connectivity index (χ3v) is 4.97. The van der Waals surface area contributed by atoms with Gasteiger partial charge in [0.05, 0.1) is 0 Å². The van der Waals surface area contributed by atoms with Crippen LogP contribution in [0.5, 0.6) is 5.75 Å². The van der Waals surface area contributed by atoms with Crippen molar-refractivity contribution in [2.24, 2.45) is 0 Å². The molecule has 1 aromatic heterocycles. The van der Waals surface area contributed by atoms with E-state index in [0.717, 1.165) is 12.8 Å². The molecule has 1 aliphatic heterocycles. The quantitative estimate of drug-likeness (QED) is 0.843. The number of oxazole rings is 1. The number of halogens is 1. The lowest BCUT2D eigenvalue weighted by Gasteiger charge is -2.48. The zero-order valence-electron chi connectivity index (χ0n) is 17.1. The third-order valence-electron chi connectivity index (χ3n) is 4.97. The van der Waals surface area contributed by atoms with E-state index in [1.165, 1.54) is 18.4 Å². The smallest absolute Gasteiger partial charge is 0.275 e. The van der Waals surface area contributed by atoms with E-state index in [2.05, 4.69) is 38.0 Å². The van der Waals surface area contributed by atoms with Gasteiger partial charge in [0.2, 0.25) is 5.89 Å². The number of nitrogens with zero attached hydrogens (tertiary/aromatic N) is 2. The first-order valence-corrected chi connectivity index (χ1v) is 9.44. The summed E-state index contributed by atoms with van der Waals surface area (Å²) in [5.41, 5.74) is 0.123. The van der Waals surface area contributed by atoms with Gasteiger partial charge < -0.3 is 19.4 Å². The molecule has 0 unspecified atom stereocenters. The van der Waals surface area contributed by atoms with E-state index in [-0.39, 0.29) is 47.0 Å². The maximum absolute atomic E-state index is 13.2. The molecule has 7 heteroatoms. The lowest BCUT2D eigenvalue weighted by molar-refractivity contribution is 0.0523. The summed E-state index contributed by atoms with van der Waals surface area (Å²) in [6, 6.07) is 5.93. The highest BCUT2D eigenvalue weighted by atomic mass is 19.1. The van der Waals surface area contributed by atoms with E-state index in [9.17, 15) is 9.18 Å². The van der Waals surface area contributed by atoms with Gasteiger partial charge in [-0.05, 0) is 52.7 Å². The minimum Gasteiger partial charge on any atom is -0.484 e. The predicted octanol–water partition coefficient (Wildman–Crippen LogP) is 3.77. The van der Waals surface area contributed by atoms with Gasteiger partial charge in [-0.2, -0.15) is 0 Å². The Balaban J connectivity index is 1.64. The number of amides is 1. The molecule has 0 radical (unpaired) electrons. The number of benzene rings is 1. The number of piperidine rings is 1. The number of carbonyl (C=O) groups excluding carboxylic acids is 1. The van der Waals surface area contributed by atoms with Crippen LogP contribution in [0.1, 0.15) is 56.9 Å². The van der Waals surface area contributed by atoms with Gasteiger partial charge in [0, 0.05) is 30.2 Å². The van der Waals surface area contributed by atoms with Crippen LogP contribution < -0.4 is 10.1 Å². The van der Waals surface area contributed by atoms with Crippen LogP contribution in [0.15, 0.2) is 34.9 Å². The van der Waals surface area contributed by atoms with Gasteiger partial charge in [0.1, 0.15) is 17.8 Å². The van der Waals surface area contributed by atoms with Gasteiger partial charge in [-0.1, -0.05) is 6.07 Å². The summed E-state index contributed by atoms with van der Waals surface area (Å²) in [6.07, 6.45) is 3.05. The Morgan fingerprint density at radius 2 is 2.00 bits per heavy atom. The van der Waals surface area contributed by atoms with Crippen LogP contribution in [-0.4, -0.2) is 40.0 Å². The van der Waals surface area contributed by atoms with Crippen molar-refractivity contribution in [3.8, 4) is 5.75 Å². The Hall–Kier alpha value is -2.41. The van der Waals surface area contributed by atoms with E-state index in [1.807, 2.05) is 7.05 Å². The number of carbonyl (C=O) groups is 1. The van der Waals surface area contributed by atoms with E-state index < -0.39 is 0 Å². The molecule has 0 saturated carbocycles. The van der Waals surface area contributed by atoms with Gasteiger partial charge in [0.25, 0.3) is 5.91 Å². The van der Waals surface area contributed by atoms with Crippen molar-refractivity contribution in [3.05, 3.63) is 47.9 Å². The van der Waals surface area contributed by atoms with Crippen molar-refractivity contribution in [1.29, 1.82) is 0 Å². The number of rotatable bonds is 5. The summed E-state index contributed by atoms with van der Waals surface area (Å²) < 4.78 is 24.0. The largest absolute Gasteiger partial charge is 0.484 e. The van der Waals surface area contributed by atoms with Crippen LogP contribution in [0.3, 0.4) is 0 Å². The van der Waals surface area contributed by atoms with Gasteiger partial charge in [-0.25, -0.2) is 9.37 Å². The second-order valence-corrected chi connectivity index (χ2v) is 8.74. The molecule has 1 aliphatic rings. The molecule has 0 atom stereocenters. The first-order valence-electron chi connectivity index (χ1n) is 9.44. The van der Waals surface area contributed by atoms with Crippen LogP contribution in [0.2, 0.25) is 0 Å². The molecule has 0 aliphatic carbocycles. The van der Waals surface area contributed by atoms with Crippen LogP contribution in [0.25, 0.3) is 0 Å². The highest BCUT2D eigenvalue weighted by Gasteiger charge is 2.40. The molecule has 152 valence electrons. The third kappa shape index (κ3) is 4.90.